The molecule has 1 unspecified atom stereocenters. The van der Waals surface area contributed by atoms with Crippen LogP contribution in [0.4, 0.5) is 30.9 Å². The quantitative estimate of drug-likeness (QED) is 0.563. The predicted octanol–water partition coefficient (Wildman–Crippen LogP) is 3.78. The number of anilines is 3. The molecule has 0 aliphatic carbocycles. The highest BCUT2D eigenvalue weighted by atomic mass is 19.2. The highest BCUT2D eigenvalue weighted by Crippen LogP contribution is 2.30. The lowest BCUT2D eigenvalue weighted by atomic mass is 10.2. The second-order valence-corrected chi connectivity index (χ2v) is 10.6. The lowest BCUT2D eigenvalue weighted by Gasteiger charge is -2.34. The van der Waals surface area contributed by atoms with Crippen molar-refractivity contribution in [1.29, 1.82) is 0 Å². The van der Waals surface area contributed by atoms with Crippen LogP contribution in [0, 0.1) is 11.6 Å². The van der Waals surface area contributed by atoms with E-state index in [2.05, 4.69) is 25.2 Å². The molecule has 1 amide bonds. The molecule has 2 aliphatic rings. The molecule has 0 saturated carbocycles. The van der Waals surface area contributed by atoms with Crippen molar-refractivity contribution in [2.75, 3.05) is 56.5 Å². The van der Waals surface area contributed by atoms with Gasteiger partial charge in [-0.2, -0.15) is 4.98 Å². The molecule has 3 aromatic rings. The molecule has 10 nitrogen and oxygen atoms in total. The Labute approximate surface area is 214 Å². The van der Waals surface area contributed by atoms with Gasteiger partial charge in [-0.25, -0.2) is 23.5 Å². The van der Waals surface area contributed by atoms with Crippen molar-refractivity contribution in [3.05, 3.63) is 36.3 Å². The Morgan fingerprint density at radius 1 is 1.08 bits per heavy atom. The second kappa shape index (κ2) is 9.73. The first-order chi connectivity index (χ1) is 17.6. The van der Waals surface area contributed by atoms with Crippen molar-refractivity contribution in [2.24, 2.45) is 0 Å². The first-order valence-electron chi connectivity index (χ1n) is 12.4. The van der Waals surface area contributed by atoms with E-state index in [1.165, 1.54) is 12.3 Å². The van der Waals surface area contributed by atoms with Gasteiger partial charge in [0, 0.05) is 39.3 Å². The summed E-state index contributed by atoms with van der Waals surface area (Å²) < 4.78 is 37.3. The molecule has 0 bridgehead atoms. The van der Waals surface area contributed by atoms with E-state index in [-0.39, 0.29) is 29.5 Å². The van der Waals surface area contributed by atoms with Crippen molar-refractivity contribution in [2.45, 2.75) is 38.8 Å². The van der Waals surface area contributed by atoms with Crippen LogP contribution >= 0.6 is 0 Å². The van der Waals surface area contributed by atoms with Gasteiger partial charge in [-0.3, -0.25) is 0 Å². The number of carbonyl (C=O) groups is 1. The van der Waals surface area contributed by atoms with Crippen LogP contribution in [0.1, 0.15) is 33.2 Å². The van der Waals surface area contributed by atoms with Gasteiger partial charge in [0.05, 0.1) is 29.9 Å². The smallest absolute Gasteiger partial charge is 0.410 e. The van der Waals surface area contributed by atoms with Crippen molar-refractivity contribution < 1.29 is 18.3 Å². The summed E-state index contributed by atoms with van der Waals surface area (Å²) in [5.41, 5.74) is 0.753. The van der Waals surface area contributed by atoms with Crippen LogP contribution in [0.3, 0.4) is 0 Å². The Morgan fingerprint density at radius 3 is 2.57 bits per heavy atom. The first kappa shape index (κ1) is 25.1. The third kappa shape index (κ3) is 5.29. The molecule has 198 valence electrons. The Bertz CT molecular complexity index is 1300. The number of hydrogen-bond donors (Lipinski definition) is 1. The van der Waals surface area contributed by atoms with E-state index in [1.807, 2.05) is 37.3 Å². The number of rotatable bonds is 4. The molecule has 37 heavy (non-hydrogen) atoms. The minimum Gasteiger partial charge on any atom is -0.444 e. The van der Waals surface area contributed by atoms with Gasteiger partial charge in [-0.05, 0) is 46.4 Å². The number of halogens is 2. The summed E-state index contributed by atoms with van der Waals surface area (Å²) in [6, 6.07) is 3.04. The van der Waals surface area contributed by atoms with E-state index in [0.717, 1.165) is 13.1 Å². The normalized spacial score (nSPS) is 19.0. The number of ether oxygens (including phenoxy) is 1. The monoisotopic (exact) mass is 514 g/mol. The first-order valence-corrected chi connectivity index (χ1v) is 12.4. The maximum Gasteiger partial charge on any atom is 0.410 e. The summed E-state index contributed by atoms with van der Waals surface area (Å²) in [5.74, 6) is -1.74. The standard InChI is InChI=1S/C25H32F2N8O2/c1-25(2,3)37-24(36)34-8-7-16(14-34)35-15-29-18-13-28-23(31-22(18)35)30-17-5-6-19(21(27)20(17)26)33-11-9-32(4)10-12-33/h5-6,13,15-16H,7-12,14H2,1-4H3,(H,28,30,31). The third-order valence-electron chi connectivity index (χ3n) is 6.68. The molecule has 2 aromatic heterocycles. The Hall–Kier alpha value is -3.54. The van der Waals surface area contributed by atoms with E-state index in [0.29, 0.717) is 43.8 Å². The number of imidazole rings is 1. The van der Waals surface area contributed by atoms with Crippen LogP contribution in [0.25, 0.3) is 11.2 Å². The SMILES string of the molecule is CN1CCN(c2ccc(Nc3ncc4ncn(C5CCN(C(=O)OC(C)(C)C)C5)c4n3)c(F)c2F)CC1. The summed E-state index contributed by atoms with van der Waals surface area (Å²) in [7, 11) is 2.01. The number of fused-ring (bicyclic) bond motifs is 1. The highest BCUT2D eigenvalue weighted by molar-refractivity contribution is 5.73. The van der Waals surface area contributed by atoms with E-state index < -0.39 is 17.2 Å². The molecule has 1 N–H and O–H groups in total. The third-order valence-corrected chi connectivity index (χ3v) is 6.68. The molecule has 5 rings (SSSR count). The molecule has 0 spiro atoms. The van der Waals surface area contributed by atoms with Crippen LogP contribution in [0.5, 0.6) is 0 Å². The molecule has 1 atom stereocenters. The second-order valence-electron chi connectivity index (χ2n) is 10.6. The molecular weight excluding hydrogens is 482 g/mol. The molecule has 2 fully saturated rings. The van der Waals surface area contributed by atoms with Crippen molar-refractivity contribution in [3.63, 3.8) is 0 Å². The summed E-state index contributed by atoms with van der Waals surface area (Å²) in [6.45, 7) is 9.37. The summed E-state index contributed by atoms with van der Waals surface area (Å²) in [4.78, 5) is 31.3. The number of piperazine rings is 1. The van der Waals surface area contributed by atoms with Gasteiger partial charge in [-0.1, -0.05) is 0 Å². The van der Waals surface area contributed by atoms with E-state index in [4.69, 9.17) is 4.74 Å². The Balaban J connectivity index is 1.33. The minimum absolute atomic E-state index is 0.0437. The molecular formula is C25H32F2N8O2. The molecule has 12 heteroatoms. The molecule has 1 aromatic carbocycles. The average Bonchev–Trinajstić information content (AvgIpc) is 3.49. The number of likely N-dealkylation sites (N-methyl/N-ethyl adjacent to an activating group) is 1. The zero-order chi connectivity index (χ0) is 26.3. The van der Waals surface area contributed by atoms with Gasteiger partial charge in [0.15, 0.2) is 17.3 Å². The van der Waals surface area contributed by atoms with Crippen molar-refractivity contribution in [3.8, 4) is 0 Å². The Kier molecular flexibility index (Phi) is 6.61. The van der Waals surface area contributed by atoms with Crippen LogP contribution < -0.4 is 10.2 Å². The van der Waals surface area contributed by atoms with Crippen LogP contribution in [-0.2, 0) is 4.74 Å². The van der Waals surface area contributed by atoms with Gasteiger partial charge < -0.3 is 29.3 Å². The highest BCUT2D eigenvalue weighted by Gasteiger charge is 2.31. The van der Waals surface area contributed by atoms with E-state index >= 15 is 0 Å². The van der Waals surface area contributed by atoms with Gasteiger partial charge in [-0.15, -0.1) is 0 Å². The van der Waals surface area contributed by atoms with Crippen LogP contribution in [0.15, 0.2) is 24.7 Å². The Morgan fingerprint density at radius 2 is 1.84 bits per heavy atom. The largest absolute Gasteiger partial charge is 0.444 e. The van der Waals surface area contributed by atoms with E-state index in [9.17, 15) is 13.6 Å². The number of nitrogens with one attached hydrogen (secondary N) is 1. The van der Waals surface area contributed by atoms with Crippen molar-refractivity contribution >= 4 is 34.6 Å². The fourth-order valence-electron chi connectivity index (χ4n) is 4.66. The zero-order valence-electron chi connectivity index (χ0n) is 21.5. The maximum atomic E-state index is 15.0. The topological polar surface area (TPSA) is 91.7 Å². The lowest BCUT2D eigenvalue weighted by molar-refractivity contribution is 0.0289. The number of likely N-dealkylation sites (tertiary alicyclic amines) is 1. The van der Waals surface area contributed by atoms with Crippen LogP contribution in [-0.4, -0.2) is 87.3 Å². The summed E-state index contributed by atoms with van der Waals surface area (Å²) in [5, 5.41) is 2.81. The number of aromatic nitrogens is 4. The van der Waals surface area contributed by atoms with Gasteiger partial charge >= 0.3 is 6.09 Å². The average molecular weight is 515 g/mol. The van der Waals surface area contributed by atoms with Crippen LogP contribution in [0.2, 0.25) is 0 Å². The molecule has 2 saturated heterocycles. The zero-order valence-corrected chi connectivity index (χ0v) is 21.5. The molecule has 0 radical (unpaired) electrons. The molecule has 2 aliphatic heterocycles. The van der Waals surface area contributed by atoms with Gasteiger partial charge in [0.2, 0.25) is 5.95 Å². The lowest BCUT2D eigenvalue weighted by Crippen LogP contribution is -2.44. The predicted molar refractivity (Wildman–Crippen MR) is 136 cm³/mol. The molecule has 4 heterocycles. The van der Waals surface area contributed by atoms with E-state index in [1.54, 1.807) is 17.3 Å². The van der Waals surface area contributed by atoms with Crippen molar-refractivity contribution in [1.82, 2.24) is 29.3 Å². The fourth-order valence-corrected chi connectivity index (χ4v) is 4.66. The number of benzene rings is 1. The van der Waals surface area contributed by atoms with Gasteiger partial charge in [0.25, 0.3) is 0 Å². The minimum atomic E-state index is -0.975. The number of amides is 1. The number of carbonyl (C=O) groups excluding carboxylic acids is 1. The number of hydrogen-bond acceptors (Lipinski definition) is 8. The fraction of sp³-hybridized carbons (Fsp3) is 0.520. The van der Waals surface area contributed by atoms with Gasteiger partial charge in [0.1, 0.15) is 11.1 Å². The summed E-state index contributed by atoms with van der Waals surface area (Å²) in [6.07, 6.45) is 3.56. The number of nitrogens with zero attached hydrogens (tertiary/aromatic N) is 7. The summed E-state index contributed by atoms with van der Waals surface area (Å²) >= 11 is 0. The maximum absolute atomic E-state index is 15.0.